The van der Waals surface area contributed by atoms with Gasteiger partial charge in [-0.1, -0.05) is 65.8 Å². The second-order valence-corrected chi connectivity index (χ2v) is 8.25. The molecule has 0 heterocycles. The molecule has 2 atom stereocenters. The van der Waals surface area contributed by atoms with E-state index >= 15 is 0 Å². The molecule has 0 saturated carbocycles. The molecular formula is C24H32F2. The van der Waals surface area contributed by atoms with Gasteiger partial charge in [0.1, 0.15) is 11.6 Å². The molecular weight excluding hydrogens is 326 g/mol. The van der Waals surface area contributed by atoms with E-state index in [-0.39, 0.29) is 35.3 Å². The van der Waals surface area contributed by atoms with Crippen LogP contribution in [0.3, 0.4) is 0 Å². The summed E-state index contributed by atoms with van der Waals surface area (Å²) in [5.41, 5.74) is 3.63. The van der Waals surface area contributed by atoms with Gasteiger partial charge in [-0.25, -0.2) is 8.78 Å². The quantitative estimate of drug-likeness (QED) is 0.472. The largest absolute Gasteiger partial charge is 0.207 e. The minimum atomic E-state index is -0.108. The smallest absolute Gasteiger partial charge is 0.126 e. The molecule has 1 unspecified atom stereocenters. The Labute approximate surface area is 157 Å². The molecule has 0 radical (unpaired) electrons. The van der Waals surface area contributed by atoms with E-state index in [4.69, 9.17) is 0 Å². The van der Waals surface area contributed by atoms with Crippen LogP contribution in [0.15, 0.2) is 36.4 Å². The average molecular weight is 359 g/mol. The summed E-state index contributed by atoms with van der Waals surface area (Å²) in [6.07, 6.45) is 1.91. The molecule has 0 N–H and O–H groups in total. The first kappa shape index (κ1) is 20.6. The molecule has 0 bridgehead atoms. The van der Waals surface area contributed by atoms with E-state index in [2.05, 4.69) is 13.8 Å². The first-order valence-electron chi connectivity index (χ1n) is 9.79. The maximum absolute atomic E-state index is 14.2. The van der Waals surface area contributed by atoms with Crippen molar-refractivity contribution < 1.29 is 8.78 Å². The monoisotopic (exact) mass is 358 g/mol. The van der Waals surface area contributed by atoms with Gasteiger partial charge in [0.15, 0.2) is 0 Å². The first-order valence-corrected chi connectivity index (χ1v) is 9.79. The summed E-state index contributed by atoms with van der Waals surface area (Å²) in [5.74, 6) is 0.750. The third-order valence-corrected chi connectivity index (χ3v) is 5.46. The second-order valence-electron chi connectivity index (χ2n) is 8.25. The van der Waals surface area contributed by atoms with Crippen molar-refractivity contribution in [3.8, 4) is 0 Å². The molecule has 2 aromatic carbocycles. The standard InChI is InChI=1S/C24H32F2/c1-15(2)21-11-9-19(13-23(21)25)17(5)7-8-18(6)20-10-12-22(16(3)4)24(26)14-20/h9-18H,7-8H2,1-6H3/t17-,18?/m1/s1. The first-order chi connectivity index (χ1) is 12.2. The van der Waals surface area contributed by atoms with Gasteiger partial charge in [-0.05, 0) is 70.9 Å². The Kier molecular flexibility index (Phi) is 6.97. The Morgan fingerprint density at radius 2 is 0.962 bits per heavy atom. The van der Waals surface area contributed by atoms with Crippen molar-refractivity contribution in [3.05, 3.63) is 70.3 Å². The van der Waals surface area contributed by atoms with E-state index in [1.165, 1.54) is 0 Å². The highest BCUT2D eigenvalue weighted by atomic mass is 19.1. The summed E-state index contributed by atoms with van der Waals surface area (Å²) in [4.78, 5) is 0. The summed E-state index contributed by atoms with van der Waals surface area (Å²) in [5, 5.41) is 0. The normalized spacial score (nSPS) is 14.1. The Morgan fingerprint density at radius 3 is 1.23 bits per heavy atom. The van der Waals surface area contributed by atoms with Crippen LogP contribution in [0.1, 0.15) is 100 Å². The predicted molar refractivity (Wildman–Crippen MR) is 107 cm³/mol. The molecule has 0 aliphatic heterocycles. The van der Waals surface area contributed by atoms with Crippen LogP contribution in [0.2, 0.25) is 0 Å². The van der Waals surface area contributed by atoms with Crippen LogP contribution in [0, 0.1) is 11.6 Å². The Hall–Kier alpha value is -1.70. The molecule has 0 nitrogen and oxygen atoms in total. The lowest BCUT2D eigenvalue weighted by Gasteiger charge is -2.18. The Balaban J connectivity index is 2.01. The van der Waals surface area contributed by atoms with Crippen molar-refractivity contribution >= 4 is 0 Å². The molecule has 0 spiro atoms. The van der Waals surface area contributed by atoms with Gasteiger partial charge in [0.2, 0.25) is 0 Å². The van der Waals surface area contributed by atoms with E-state index in [0.717, 1.165) is 35.1 Å². The third kappa shape index (κ3) is 4.93. The Bertz CT molecular complexity index is 667. The molecule has 0 aromatic heterocycles. The summed E-state index contributed by atoms with van der Waals surface area (Å²) < 4.78 is 28.5. The zero-order valence-electron chi connectivity index (χ0n) is 16.9. The van der Waals surface area contributed by atoms with Crippen LogP contribution in [0.5, 0.6) is 0 Å². The van der Waals surface area contributed by atoms with Crippen LogP contribution in [-0.2, 0) is 0 Å². The summed E-state index contributed by atoms with van der Waals surface area (Å²) in [6, 6.07) is 11.3. The van der Waals surface area contributed by atoms with Crippen LogP contribution in [0.25, 0.3) is 0 Å². The number of hydrogen-bond acceptors (Lipinski definition) is 0. The van der Waals surface area contributed by atoms with Crippen LogP contribution in [-0.4, -0.2) is 0 Å². The highest BCUT2D eigenvalue weighted by molar-refractivity contribution is 5.30. The molecule has 2 aromatic rings. The van der Waals surface area contributed by atoms with E-state index in [1.54, 1.807) is 12.1 Å². The summed E-state index contributed by atoms with van der Waals surface area (Å²) >= 11 is 0. The van der Waals surface area contributed by atoms with Gasteiger partial charge in [-0.15, -0.1) is 0 Å². The lowest BCUT2D eigenvalue weighted by atomic mass is 9.87. The number of halogens is 2. The van der Waals surface area contributed by atoms with E-state index in [9.17, 15) is 8.78 Å². The van der Waals surface area contributed by atoms with Crippen molar-refractivity contribution in [3.63, 3.8) is 0 Å². The molecule has 0 aliphatic rings. The second kappa shape index (κ2) is 8.79. The van der Waals surface area contributed by atoms with Crippen molar-refractivity contribution in [1.82, 2.24) is 0 Å². The zero-order chi connectivity index (χ0) is 19.4. The molecule has 0 aliphatic carbocycles. The van der Waals surface area contributed by atoms with Crippen LogP contribution < -0.4 is 0 Å². The van der Waals surface area contributed by atoms with Crippen molar-refractivity contribution in [2.24, 2.45) is 0 Å². The fourth-order valence-corrected chi connectivity index (χ4v) is 3.47. The van der Waals surface area contributed by atoms with Crippen LogP contribution >= 0.6 is 0 Å². The van der Waals surface area contributed by atoms with Gasteiger partial charge in [-0.2, -0.15) is 0 Å². The molecule has 142 valence electrons. The third-order valence-electron chi connectivity index (χ3n) is 5.46. The van der Waals surface area contributed by atoms with E-state index in [0.29, 0.717) is 0 Å². The van der Waals surface area contributed by atoms with Gasteiger partial charge in [0.05, 0.1) is 0 Å². The predicted octanol–water partition coefficient (Wildman–Crippen LogP) is 7.90. The lowest BCUT2D eigenvalue weighted by molar-refractivity contribution is 0.555. The topological polar surface area (TPSA) is 0 Å². The molecule has 26 heavy (non-hydrogen) atoms. The fourth-order valence-electron chi connectivity index (χ4n) is 3.47. The minimum Gasteiger partial charge on any atom is -0.207 e. The van der Waals surface area contributed by atoms with Crippen molar-refractivity contribution in [2.75, 3.05) is 0 Å². The maximum atomic E-state index is 14.2. The highest BCUT2D eigenvalue weighted by Crippen LogP contribution is 2.31. The van der Waals surface area contributed by atoms with E-state index < -0.39 is 0 Å². The molecule has 0 fully saturated rings. The number of rotatable bonds is 7. The summed E-state index contributed by atoms with van der Waals surface area (Å²) in [6.45, 7) is 12.3. The van der Waals surface area contributed by atoms with Crippen molar-refractivity contribution in [1.29, 1.82) is 0 Å². The van der Waals surface area contributed by atoms with Gasteiger partial charge in [0, 0.05) is 0 Å². The molecule has 0 amide bonds. The molecule has 2 heteroatoms. The molecule has 0 saturated heterocycles. The minimum absolute atomic E-state index is 0.108. The van der Waals surface area contributed by atoms with E-state index in [1.807, 2.05) is 52.0 Å². The fraction of sp³-hybridized carbons (Fsp3) is 0.500. The number of benzene rings is 2. The lowest BCUT2D eigenvalue weighted by Crippen LogP contribution is -2.02. The highest BCUT2D eigenvalue weighted by Gasteiger charge is 2.15. The van der Waals surface area contributed by atoms with Gasteiger partial charge in [-0.3, -0.25) is 0 Å². The number of hydrogen-bond donors (Lipinski definition) is 0. The van der Waals surface area contributed by atoms with Gasteiger partial charge < -0.3 is 0 Å². The zero-order valence-corrected chi connectivity index (χ0v) is 16.9. The molecule has 2 rings (SSSR count). The SMILES string of the molecule is CC(C)c1ccc(C(C)CC[C@@H](C)c2ccc(C(C)C)c(F)c2)cc1F. The average Bonchev–Trinajstić information content (AvgIpc) is 2.58. The summed E-state index contributed by atoms with van der Waals surface area (Å²) in [7, 11) is 0. The van der Waals surface area contributed by atoms with Gasteiger partial charge >= 0.3 is 0 Å². The Morgan fingerprint density at radius 1 is 0.615 bits per heavy atom. The maximum Gasteiger partial charge on any atom is 0.126 e. The van der Waals surface area contributed by atoms with Gasteiger partial charge in [0.25, 0.3) is 0 Å². The van der Waals surface area contributed by atoms with Crippen LogP contribution in [0.4, 0.5) is 8.78 Å². The van der Waals surface area contributed by atoms with Crippen molar-refractivity contribution in [2.45, 2.75) is 78.1 Å².